The maximum Gasteiger partial charge on any atom is 0.315 e. The maximum atomic E-state index is 13.7. The molecule has 2 aliphatic rings. The number of ketones is 1. The SMILES string of the molecule is CC1=NC2=C(C(=O)C[C@H](c3ccc(Cl)cc3)C2)[C@@H](c2cccc(Cl)c2)C1C(=O)OCCOc1ccccc1. The lowest BCUT2D eigenvalue weighted by Gasteiger charge is -2.36. The molecule has 1 heterocycles. The Hall–Kier alpha value is -3.41. The highest BCUT2D eigenvalue weighted by atomic mass is 35.5. The molecule has 3 aromatic carbocycles. The summed E-state index contributed by atoms with van der Waals surface area (Å²) >= 11 is 12.4. The minimum atomic E-state index is -0.736. The first-order chi connectivity index (χ1) is 18.4. The zero-order valence-corrected chi connectivity index (χ0v) is 22.4. The second-order valence-electron chi connectivity index (χ2n) is 9.53. The zero-order valence-electron chi connectivity index (χ0n) is 20.9. The van der Waals surface area contributed by atoms with Gasteiger partial charge in [0.25, 0.3) is 0 Å². The first-order valence-corrected chi connectivity index (χ1v) is 13.3. The van der Waals surface area contributed by atoms with Crippen LogP contribution in [0.4, 0.5) is 0 Å². The van der Waals surface area contributed by atoms with Crippen LogP contribution in [0.1, 0.15) is 42.7 Å². The molecule has 7 heteroatoms. The molecule has 1 aliphatic heterocycles. The summed E-state index contributed by atoms with van der Waals surface area (Å²) in [4.78, 5) is 31.9. The minimum Gasteiger partial charge on any atom is -0.490 e. The molecule has 0 N–H and O–H groups in total. The van der Waals surface area contributed by atoms with Crippen molar-refractivity contribution in [2.75, 3.05) is 13.2 Å². The molecule has 0 amide bonds. The maximum absolute atomic E-state index is 13.7. The number of Topliss-reactive ketones (excluding diaryl/α,β-unsaturated/α-hetero) is 1. The van der Waals surface area contributed by atoms with Gasteiger partial charge in [-0.05, 0) is 66.8 Å². The molecule has 0 aromatic heterocycles. The lowest BCUT2D eigenvalue weighted by molar-refractivity contribution is -0.147. The van der Waals surface area contributed by atoms with Crippen LogP contribution in [0.2, 0.25) is 10.0 Å². The summed E-state index contributed by atoms with van der Waals surface area (Å²) in [5.74, 6) is -1.02. The van der Waals surface area contributed by atoms with Gasteiger partial charge in [-0.15, -0.1) is 0 Å². The van der Waals surface area contributed by atoms with E-state index in [0.29, 0.717) is 39.9 Å². The highest BCUT2D eigenvalue weighted by Crippen LogP contribution is 2.47. The number of allylic oxidation sites excluding steroid dienone is 2. The van der Waals surface area contributed by atoms with Gasteiger partial charge in [-0.2, -0.15) is 0 Å². The molecular formula is C31H27Cl2NO4. The van der Waals surface area contributed by atoms with E-state index in [1.54, 1.807) is 6.07 Å². The molecule has 1 aliphatic carbocycles. The van der Waals surface area contributed by atoms with Crippen molar-refractivity contribution >= 4 is 40.7 Å². The van der Waals surface area contributed by atoms with Gasteiger partial charge in [0, 0.05) is 39.4 Å². The van der Waals surface area contributed by atoms with Gasteiger partial charge in [0.05, 0.1) is 0 Å². The third-order valence-electron chi connectivity index (χ3n) is 7.03. The van der Waals surface area contributed by atoms with Crippen molar-refractivity contribution in [1.82, 2.24) is 0 Å². The lowest BCUT2D eigenvalue weighted by Crippen LogP contribution is -2.38. The number of hydrogen-bond donors (Lipinski definition) is 0. The molecule has 0 spiro atoms. The van der Waals surface area contributed by atoms with E-state index in [-0.39, 0.29) is 24.9 Å². The van der Waals surface area contributed by atoms with Gasteiger partial charge in [0.2, 0.25) is 0 Å². The van der Waals surface area contributed by atoms with E-state index in [0.717, 1.165) is 16.8 Å². The Morgan fingerprint density at radius 1 is 0.895 bits per heavy atom. The van der Waals surface area contributed by atoms with Crippen molar-refractivity contribution in [3.05, 3.63) is 111 Å². The number of benzene rings is 3. The number of para-hydroxylation sites is 1. The van der Waals surface area contributed by atoms with Crippen molar-refractivity contribution in [2.24, 2.45) is 10.9 Å². The van der Waals surface area contributed by atoms with Gasteiger partial charge < -0.3 is 9.47 Å². The summed E-state index contributed by atoms with van der Waals surface area (Å²) in [7, 11) is 0. The molecule has 194 valence electrons. The van der Waals surface area contributed by atoms with Gasteiger partial charge in [-0.3, -0.25) is 14.6 Å². The second kappa shape index (κ2) is 11.5. The van der Waals surface area contributed by atoms with Crippen molar-refractivity contribution in [3.8, 4) is 5.75 Å². The Kier molecular flexibility index (Phi) is 7.96. The number of nitrogens with zero attached hydrogens (tertiary/aromatic N) is 1. The Morgan fingerprint density at radius 2 is 1.66 bits per heavy atom. The summed E-state index contributed by atoms with van der Waals surface area (Å²) in [5.41, 5.74) is 3.75. The number of halogens is 2. The molecule has 0 saturated carbocycles. The monoisotopic (exact) mass is 547 g/mol. The molecule has 38 heavy (non-hydrogen) atoms. The third-order valence-corrected chi connectivity index (χ3v) is 7.52. The van der Waals surface area contributed by atoms with Crippen LogP contribution in [-0.4, -0.2) is 30.7 Å². The van der Waals surface area contributed by atoms with Gasteiger partial charge in [-0.1, -0.05) is 65.7 Å². The molecule has 0 saturated heterocycles. The third kappa shape index (κ3) is 5.69. The Morgan fingerprint density at radius 3 is 2.39 bits per heavy atom. The van der Waals surface area contributed by atoms with E-state index in [1.807, 2.05) is 79.7 Å². The van der Waals surface area contributed by atoms with Gasteiger partial charge in [0.1, 0.15) is 24.9 Å². The predicted octanol–water partition coefficient (Wildman–Crippen LogP) is 7.19. The lowest BCUT2D eigenvalue weighted by atomic mass is 9.69. The zero-order chi connectivity index (χ0) is 26.6. The Bertz CT molecular complexity index is 1400. The van der Waals surface area contributed by atoms with E-state index >= 15 is 0 Å². The molecule has 0 radical (unpaired) electrons. The van der Waals surface area contributed by atoms with Crippen LogP contribution < -0.4 is 4.74 Å². The van der Waals surface area contributed by atoms with Gasteiger partial charge in [-0.25, -0.2) is 0 Å². The number of rotatable bonds is 7. The summed E-state index contributed by atoms with van der Waals surface area (Å²) in [6, 6.07) is 24.2. The fraction of sp³-hybridized carbons (Fsp3) is 0.258. The molecule has 5 rings (SSSR count). The van der Waals surface area contributed by atoms with E-state index in [9.17, 15) is 9.59 Å². The second-order valence-corrected chi connectivity index (χ2v) is 10.4. The van der Waals surface area contributed by atoms with E-state index in [1.165, 1.54) is 0 Å². The van der Waals surface area contributed by atoms with Crippen LogP contribution >= 0.6 is 23.2 Å². The van der Waals surface area contributed by atoms with E-state index in [4.69, 9.17) is 37.7 Å². The van der Waals surface area contributed by atoms with Crippen molar-refractivity contribution in [3.63, 3.8) is 0 Å². The summed E-state index contributed by atoms with van der Waals surface area (Å²) in [6.07, 6.45) is 0.933. The van der Waals surface area contributed by atoms with Crippen LogP contribution in [0, 0.1) is 5.92 Å². The molecule has 3 aromatic rings. The van der Waals surface area contributed by atoms with Gasteiger partial charge >= 0.3 is 5.97 Å². The number of aliphatic imine (C=N–C) groups is 1. The van der Waals surface area contributed by atoms with Gasteiger partial charge in [0.15, 0.2) is 5.78 Å². The highest BCUT2D eigenvalue weighted by Gasteiger charge is 2.44. The van der Waals surface area contributed by atoms with Crippen molar-refractivity contribution in [2.45, 2.75) is 31.6 Å². The molecule has 3 atom stereocenters. The van der Waals surface area contributed by atoms with Crippen molar-refractivity contribution in [1.29, 1.82) is 0 Å². The quantitative estimate of drug-likeness (QED) is 0.232. The van der Waals surface area contributed by atoms with E-state index < -0.39 is 17.8 Å². The fourth-order valence-corrected chi connectivity index (χ4v) is 5.63. The average Bonchev–Trinajstić information content (AvgIpc) is 2.91. The number of ether oxygens (including phenoxy) is 2. The number of carbonyl (C=O) groups excluding carboxylic acids is 2. The summed E-state index contributed by atoms with van der Waals surface area (Å²) in [6.45, 7) is 2.12. The largest absolute Gasteiger partial charge is 0.490 e. The molecule has 5 nitrogen and oxygen atoms in total. The van der Waals surface area contributed by atoms with Crippen LogP contribution in [-0.2, 0) is 14.3 Å². The van der Waals surface area contributed by atoms with Crippen LogP contribution in [0.25, 0.3) is 0 Å². The van der Waals surface area contributed by atoms with Crippen molar-refractivity contribution < 1.29 is 19.1 Å². The number of esters is 1. The van der Waals surface area contributed by atoms with Crippen LogP contribution in [0.15, 0.2) is 95.1 Å². The summed E-state index contributed by atoms with van der Waals surface area (Å²) in [5, 5.41) is 1.19. The molecular weight excluding hydrogens is 521 g/mol. The topological polar surface area (TPSA) is 65.0 Å². The van der Waals surface area contributed by atoms with Crippen LogP contribution in [0.5, 0.6) is 5.75 Å². The average molecular weight is 548 g/mol. The first kappa shape index (κ1) is 26.2. The fourth-order valence-electron chi connectivity index (χ4n) is 5.30. The Labute approximate surface area is 232 Å². The Balaban J connectivity index is 1.41. The molecule has 1 unspecified atom stereocenters. The normalized spacial score (nSPS) is 21.0. The molecule has 0 fully saturated rings. The van der Waals surface area contributed by atoms with E-state index in [2.05, 4.69) is 0 Å². The predicted molar refractivity (Wildman–Crippen MR) is 149 cm³/mol. The standard InChI is InChI=1S/C31H27Cl2NO4/c1-19-28(31(36)38-15-14-37-25-8-3-2-4-9-25)29(21-6-5-7-24(33)16-21)30-26(34-19)17-22(18-27(30)35)20-10-12-23(32)13-11-20/h2-13,16,22,28-29H,14-15,17-18H2,1H3/t22-,28?,29+/m1/s1. The summed E-state index contributed by atoms with van der Waals surface area (Å²) < 4.78 is 11.3. The highest BCUT2D eigenvalue weighted by molar-refractivity contribution is 6.31. The molecule has 0 bridgehead atoms. The number of carbonyl (C=O) groups is 2. The first-order valence-electron chi connectivity index (χ1n) is 12.6. The smallest absolute Gasteiger partial charge is 0.315 e. The minimum absolute atomic E-state index is 0.00582. The van der Waals surface area contributed by atoms with Crippen LogP contribution in [0.3, 0.4) is 0 Å². The number of hydrogen-bond acceptors (Lipinski definition) is 5.